The number of carbonyl (C=O) groups is 1. The van der Waals surface area contributed by atoms with E-state index in [4.69, 9.17) is 4.74 Å². The second-order valence-electron chi connectivity index (χ2n) is 6.11. The van der Waals surface area contributed by atoms with E-state index in [9.17, 15) is 13.2 Å². The van der Waals surface area contributed by atoms with Gasteiger partial charge in [0, 0.05) is 19.4 Å². The summed E-state index contributed by atoms with van der Waals surface area (Å²) in [5.74, 6) is 0.0764. The van der Waals surface area contributed by atoms with Gasteiger partial charge in [-0.05, 0) is 36.8 Å². The van der Waals surface area contributed by atoms with E-state index in [1.807, 2.05) is 30.3 Å². The summed E-state index contributed by atoms with van der Waals surface area (Å²) in [4.78, 5) is 16.1. The summed E-state index contributed by atoms with van der Waals surface area (Å²) < 4.78 is 35.3. The average Bonchev–Trinajstić information content (AvgIpc) is 3.13. The molecule has 3 rings (SSSR count). The molecule has 3 aromatic rings. The summed E-state index contributed by atoms with van der Waals surface area (Å²) in [6.45, 7) is 1.96. The van der Waals surface area contributed by atoms with E-state index >= 15 is 0 Å². The minimum Gasteiger partial charge on any atom is -0.462 e. The molecule has 0 saturated heterocycles. The Morgan fingerprint density at radius 1 is 1.14 bits per heavy atom. The first-order valence-electron chi connectivity index (χ1n) is 8.74. The van der Waals surface area contributed by atoms with Gasteiger partial charge >= 0.3 is 5.97 Å². The summed E-state index contributed by atoms with van der Waals surface area (Å²) >= 11 is 0. The number of nitrogens with one attached hydrogen (secondary N) is 1. The molecule has 1 heterocycles. The van der Waals surface area contributed by atoms with Crippen LogP contribution in [0.2, 0.25) is 0 Å². The topological polar surface area (TPSA) is 90.3 Å². The van der Waals surface area contributed by atoms with Gasteiger partial charge in [0.05, 0.1) is 17.1 Å². The van der Waals surface area contributed by atoms with Crippen molar-refractivity contribution in [1.29, 1.82) is 0 Å². The SMILES string of the molecule is CCOC(=O)c1ccc(S(=O)(=O)N[C@@H](c2ccccc2)c2nccn2C)cc1. The molecule has 0 radical (unpaired) electrons. The molecule has 0 amide bonds. The molecule has 0 aliphatic carbocycles. The summed E-state index contributed by atoms with van der Waals surface area (Å²) in [7, 11) is -2.05. The molecule has 0 bridgehead atoms. The molecule has 2 aromatic carbocycles. The lowest BCUT2D eigenvalue weighted by atomic mass is 10.1. The normalized spacial score (nSPS) is 12.5. The number of nitrogens with zero attached hydrogens (tertiary/aromatic N) is 2. The maximum Gasteiger partial charge on any atom is 0.338 e. The number of aryl methyl sites for hydroxylation is 1. The van der Waals surface area contributed by atoms with Crippen LogP contribution < -0.4 is 4.72 Å². The molecule has 0 aliphatic heterocycles. The van der Waals surface area contributed by atoms with Crippen LogP contribution >= 0.6 is 0 Å². The standard InChI is InChI=1S/C20H21N3O4S/c1-3-27-20(24)16-9-11-17(12-10-16)28(25,26)22-18(15-7-5-4-6-8-15)19-21-13-14-23(19)2/h4-14,18,22H,3H2,1-2H3/t18-/m0/s1. The number of rotatable bonds is 7. The molecule has 1 atom stereocenters. The number of hydrogen-bond acceptors (Lipinski definition) is 5. The summed E-state index contributed by atoms with van der Waals surface area (Å²) in [5, 5.41) is 0. The number of sulfonamides is 1. The monoisotopic (exact) mass is 399 g/mol. The second kappa shape index (κ2) is 8.37. The van der Waals surface area contributed by atoms with E-state index in [-0.39, 0.29) is 11.5 Å². The zero-order valence-electron chi connectivity index (χ0n) is 15.6. The lowest BCUT2D eigenvalue weighted by Gasteiger charge is -2.19. The molecule has 0 saturated carbocycles. The van der Waals surface area contributed by atoms with Crippen molar-refractivity contribution in [2.75, 3.05) is 6.61 Å². The van der Waals surface area contributed by atoms with Gasteiger partial charge in [-0.1, -0.05) is 30.3 Å². The van der Waals surface area contributed by atoms with Gasteiger partial charge < -0.3 is 9.30 Å². The number of ether oxygens (including phenoxy) is 1. The van der Waals surface area contributed by atoms with Crippen molar-refractivity contribution < 1.29 is 17.9 Å². The number of benzene rings is 2. The minimum atomic E-state index is -3.86. The fourth-order valence-electron chi connectivity index (χ4n) is 2.78. The Kier molecular flexibility index (Phi) is 5.91. The zero-order valence-corrected chi connectivity index (χ0v) is 16.4. The first kappa shape index (κ1) is 19.8. The van der Waals surface area contributed by atoms with Crippen molar-refractivity contribution in [3.63, 3.8) is 0 Å². The summed E-state index contributed by atoms with van der Waals surface area (Å²) in [6, 6.07) is 14.2. The quantitative estimate of drug-likeness (QED) is 0.617. The highest BCUT2D eigenvalue weighted by Crippen LogP contribution is 2.23. The van der Waals surface area contributed by atoms with Crippen molar-refractivity contribution in [3.05, 3.63) is 83.9 Å². The first-order chi connectivity index (χ1) is 13.4. The number of carbonyl (C=O) groups excluding carboxylic acids is 1. The van der Waals surface area contributed by atoms with Gasteiger partial charge in [0.1, 0.15) is 11.9 Å². The fourth-order valence-corrected chi connectivity index (χ4v) is 3.96. The molecule has 0 spiro atoms. The van der Waals surface area contributed by atoms with Crippen LogP contribution in [0.4, 0.5) is 0 Å². The molecule has 28 heavy (non-hydrogen) atoms. The highest BCUT2D eigenvalue weighted by Gasteiger charge is 2.25. The number of imidazole rings is 1. The van der Waals surface area contributed by atoms with Gasteiger partial charge in [-0.15, -0.1) is 0 Å². The van der Waals surface area contributed by atoms with Crippen molar-refractivity contribution in [2.24, 2.45) is 7.05 Å². The predicted octanol–water partition coefficient (Wildman–Crippen LogP) is 2.66. The van der Waals surface area contributed by atoms with Crippen LogP contribution in [0.5, 0.6) is 0 Å². The molecule has 8 heteroatoms. The van der Waals surface area contributed by atoms with Gasteiger partial charge in [0.25, 0.3) is 0 Å². The Labute approximate surface area is 164 Å². The van der Waals surface area contributed by atoms with E-state index in [2.05, 4.69) is 9.71 Å². The van der Waals surface area contributed by atoms with Crippen LogP contribution in [0.3, 0.4) is 0 Å². The van der Waals surface area contributed by atoms with E-state index in [0.717, 1.165) is 5.56 Å². The van der Waals surface area contributed by atoms with E-state index < -0.39 is 22.0 Å². The van der Waals surface area contributed by atoms with Gasteiger partial charge in [0.15, 0.2) is 0 Å². The maximum atomic E-state index is 13.0. The van der Waals surface area contributed by atoms with E-state index in [1.165, 1.54) is 24.3 Å². The molecule has 7 nitrogen and oxygen atoms in total. The molecular weight excluding hydrogens is 378 g/mol. The van der Waals surface area contributed by atoms with Gasteiger partial charge in [-0.3, -0.25) is 0 Å². The van der Waals surface area contributed by atoms with Crippen LogP contribution in [0.25, 0.3) is 0 Å². The molecule has 0 unspecified atom stereocenters. The van der Waals surface area contributed by atoms with Crippen LogP contribution in [0, 0.1) is 0 Å². The third kappa shape index (κ3) is 4.29. The lowest BCUT2D eigenvalue weighted by Crippen LogP contribution is -2.31. The number of hydrogen-bond donors (Lipinski definition) is 1. The summed E-state index contributed by atoms with van der Waals surface area (Å²) in [6.07, 6.45) is 3.38. The Bertz CT molecular complexity index is 1040. The maximum absolute atomic E-state index is 13.0. The predicted molar refractivity (Wildman–Crippen MR) is 104 cm³/mol. The molecular formula is C20H21N3O4S. The van der Waals surface area contributed by atoms with Crippen molar-refractivity contribution >= 4 is 16.0 Å². The number of aromatic nitrogens is 2. The van der Waals surface area contributed by atoms with E-state index in [0.29, 0.717) is 11.4 Å². The first-order valence-corrected chi connectivity index (χ1v) is 10.2. The van der Waals surface area contributed by atoms with Crippen molar-refractivity contribution in [3.8, 4) is 0 Å². The highest BCUT2D eigenvalue weighted by atomic mass is 32.2. The third-order valence-electron chi connectivity index (χ3n) is 4.20. The third-order valence-corrected chi connectivity index (χ3v) is 5.64. The highest BCUT2D eigenvalue weighted by molar-refractivity contribution is 7.89. The molecule has 0 aliphatic rings. The molecule has 1 N–H and O–H groups in total. The lowest BCUT2D eigenvalue weighted by molar-refractivity contribution is 0.0526. The largest absolute Gasteiger partial charge is 0.462 e. The minimum absolute atomic E-state index is 0.0516. The fraction of sp³-hybridized carbons (Fsp3) is 0.200. The van der Waals surface area contributed by atoms with Gasteiger partial charge in [0.2, 0.25) is 10.0 Å². The van der Waals surface area contributed by atoms with Crippen LogP contribution in [-0.2, 0) is 21.8 Å². The van der Waals surface area contributed by atoms with E-state index in [1.54, 1.807) is 30.9 Å². The molecule has 146 valence electrons. The van der Waals surface area contributed by atoms with Gasteiger partial charge in [-0.25, -0.2) is 18.2 Å². The molecule has 1 aromatic heterocycles. The van der Waals surface area contributed by atoms with Gasteiger partial charge in [-0.2, -0.15) is 4.72 Å². The van der Waals surface area contributed by atoms with Crippen LogP contribution in [0.15, 0.2) is 71.9 Å². The Morgan fingerprint density at radius 2 is 1.82 bits per heavy atom. The zero-order chi connectivity index (χ0) is 20.1. The van der Waals surface area contributed by atoms with Crippen molar-refractivity contribution in [1.82, 2.24) is 14.3 Å². The average molecular weight is 399 g/mol. The molecule has 0 fully saturated rings. The Balaban J connectivity index is 1.92. The summed E-state index contributed by atoms with van der Waals surface area (Å²) in [5.41, 5.74) is 1.06. The Hall–Kier alpha value is -2.97. The van der Waals surface area contributed by atoms with Crippen molar-refractivity contribution in [2.45, 2.75) is 17.9 Å². The van der Waals surface area contributed by atoms with Crippen LogP contribution in [-0.4, -0.2) is 30.5 Å². The Morgan fingerprint density at radius 3 is 2.39 bits per heavy atom. The number of esters is 1. The second-order valence-corrected chi connectivity index (χ2v) is 7.82. The van der Waals surface area contributed by atoms with Crippen LogP contribution in [0.1, 0.15) is 34.7 Å². The smallest absolute Gasteiger partial charge is 0.338 e.